The molecule has 1 saturated heterocycles. The molecule has 1 fully saturated rings. The Labute approximate surface area is 128 Å². The number of halogens is 1. The number of aryl methyl sites for hydroxylation is 1. The first-order valence-electron chi connectivity index (χ1n) is 7.60. The zero-order valence-corrected chi connectivity index (χ0v) is 12.6. The predicted molar refractivity (Wildman–Crippen MR) is 79.8 cm³/mol. The maximum atomic E-state index is 13.0. The molecule has 118 valence electrons. The molecule has 0 saturated carbocycles. The molecule has 0 unspecified atom stereocenters. The SMILES string of the molecule is CCn1ccnc1[C@@H](Nc1ncc(F)cn1)C1CCOCC1. The number of hydrogen-bond donors (Lipinski definition) is 1. The number of hydrogen-bond acceptors (Lipinski definition) is 5. The molecular weight excluding hydrogens is 285 g/mol. The molecule has 2 aromatic rings. The summed E-state index contributed by atoms with van der Waals surface area (Å²) in [6.07, 6.45) is 8.02. The van der Waals surface area contributed by atoms with Crippen molar-refractivity contribution in [3.8, 4) is 0 Å². The van der Waals surface area contributed by atoms with E-state index >= 15 is 0 Å². The average Bonchev–Trinajstić information content (AvgIpc) is 3.03. The van der Waals surface area contributed by atoms with Crippen molar-refractivity contribution in [1.29, 1.82) is 0 Å². The highest BCUT2D eigenvalue weighted by Gasteiger charge is 2.29. The number of nitrogens with zero attached hydrogens (tertiary/aromatic N) is 4. The Balaban J connectivity index is 1.86. The fourth-order valence-electron chi connectivity index (χ4n) is 2.84. The van der Waals surface area contributed by atoms with E-state index in [4.69, 9.17) is 4.74 Å². The average molecular weight is 305 g/mol. The van der Waals surface area contributed by atoms with E-state index in [-0.39, 0.29) is 6.04 Å². The molecule has 2 aromatic heterocycles. The second kappa shape index (κ2) is 6.83. The molecule has 0 aromatic carbocycles. The first-order valence-corrected chi connectivity index (χ1v) is 7.60. The zero-order valence-electron chi connectivity index (χ0n) is 12.6. The van der Waals surface area contributed by atoms with Crippen LogP contribution in [0.4, 0.5) is 10.3 Å². The van der Waals surface area contributed by atoms with E-state index in [2.05, 4.69) is 31.8 Å². The summed E-state index contributed by atoms with van der Waals surface area (Å²) in [5.41, 5.74) is 0. The molecule has 3 rings (SSSR count). The lowest BCUT2D eigenvalue weighted by atomic mass is 9.91. The number of anilines is 1. The largest absolute Gasteiger partial charge is 0.381 e. The summed E-state index contributed by atoms with van der Waals surface area (Å²) in [5.74, 6) is 1.32. The first kappa shape index (κ1) is 14.9. The lowest BCUT2D eigenvalue weighted by Gasteiger charge is -2.30. The Bertz CT molecular complexity index is 594. The zero-order chi connectivity index (χ0) is 15.4. The van der Waals surface area contributed by atoms with Gasteiger partial charge in [0.05, 0.1) is 18.4 Å². The third-order valence-electron chi connectivity index (χ3n) is 4.01. The summed E-state index contributed by atoms with van der Waals surface area (Å²) in [6.45, 7) is 4.43. The normalized spacial score (nSPS) is 17.4. The van der Waals surface area contributed by atoms with Crippen LogP contribution in [0.3, 0.4) is 0 Å². The molecule has 1 atom stereocenters. The molecule has 0 radical (unpaired) electrons. The minimum atomic E-state index is -0.441. The van der Waals surface area contributed by atoms with Gasteiger partial charge in [0.1, 0.15) is 5.82 Å². The van der Waals surface area contributed by atoms with Crippen LogP contribution in [0.25, 0.3) is 0 Å². The highest BCUT2D eigenvalue weighted by molar-refractivity contribution is 5.28. The van der Waals surface area contributed by atoms with Gasteiger partial charge in [-0.2, -0.15) is 0 Å². The van der Waals surface area contributed by atoms with Crippen molar-refractivity contribution in [3.05, 3.63) is 36.4 Å². The molecule has 1 N–H and O–H groups in total. The van der Waals surface area contributed by atoms with Gasteiger partial charge in [-0.25, -0.2) is 19.3 Å². The third kappa shape index (κ3) is 3.24. The van der Waals surface area contributed by atoms with Crippen molar-refractivity contribution in [3.63, 3.8) is 0 Å². The lowest BCUT2D eigenvalue weighted by Crippen LogP contribution is -2.29. The highest BCUT2D eigenvalue weighted by atomic mass is 19.1. The van der Waals surface area contributed by atoms with Crippen molar-refractivity contribution in [1.82, 2.24) is 19.5 Å². The smallest absolute Gasteiger partial charge is 0.223 e. The van der Waals surface area contributed by atoms with Crippen LogP contribution in [0.1, 0.15) is 31.6 Å². The fraction of sp³-hybridized carbons (Fsp3) is 0.533. The summed E-state index contributed by atoms with van der Waals surface area (Å²) in [7, 11) is 0. The fourth-order valence-corrected chi connectivity index (χ4v) is 2.84. The van der Waals surface area contributed by atoms with Crippen molar-refractivity contribution >= 4 is 5.95 Å². The van der Waals surface area contributed by atoms with E-state index in [9.17, 15) is 4.39 Å². The van der Waals surface area contributed by atoms with E-state index in [1.165, 1.54) is 12.4 Å². The van der Waals surface area contributed by atoms with Crippen LogP contribution < -0.4 is 5.32 Å². The Morgan fingerprint density at radius 2 is 2.05 bits per heavy atom. The monoisotopic (exact) mass is 305 g/mol. The summed E-state index contributed by atoms with van der Waals surface area (Å²) in [5, 5.41) is 3.33. The van der Waals surface area contributed by atoms with Crippen LogP contribution in [0.2, 0.25) is 0 Å². The predicted octanol–water partition coefficient (Wildman–Crippen LogP) is 2.41. The van der Waals surface area contributed by atoms with Crippen LogP contribution >= 0.6 is 0 Å². The van der Waals surface area contributed by atoms with Gasteiger partial charge in [0, 0.05) is 32.2 Å². The Hall–Kier alpha value is -2.02. The Morgan fingerprint density at radius 3 is 2.73 bits per heavy atom. The van der Waals surface area contributed by atoms with Gasteiger partial charge in [-0.05, 0) is 25.7 Å². The number of rotatable bonds is 5. The third-order valence-corrected chi connectivity index (χ3v) is 4.01. The van der Waals surface area contributed by atoms with Crippen molar-refractivity contribution in [2.45, 2.75) is 32.4 Å². The van der Waals surface area contributed by atoms with Crippen molar-refractivity contribution < 1.29 is 9.13 Å². The Morgan fingerprint density at radius 1 is 1.32 bits per heavy atom. The van der Waals surface area contributed by atoms with E-state index in [0.29, 0.717) is 11.9 Å². The maximum Gasteiger partial charge on any atom is 0.223 e. The molecular formula is C15H20FN5O. The van der Waals surface area contributed by atoms with E-state index < -0.39 is 5.82 Å². The first-order chi connectivity index (χ1) is 10.8. The van der Waals surface area contributed by atoms with Crippen LogP contribution in [-0.2, 0) is 11.3 Å². The van der Waals surface area contributed by atoms with Crippen LogP contribution in [0.5, 0.6) is 0 Å². The van der Waals surface area contributed by atoms with Crippen LogP contribution in [0, 0.1) is 11.7 Å². The Kier molecular flexibility index (Phi) is 4.62. The lowest BCUT2D eigenvalue weighted by molar-refractivity contribution is 0.0593. The number of nitrogens with one attached hydrogen (secondary N) is 1. The molecule has 7 heteroatoms. The van der Waals surface area contributed by atoms with E-state index in [1.807, 2.05) is 6.20 Å². The van der Waals surface area contributed by atoms with Gasteiger partial charge in [-0.15, -0.1) is 0 Å². The summed E-state index contributed by atoms with van der Waals surface area (Å²) >= 11 is 0. The molecule has 3 heterocycles. The molecule has 0 amide bonds. The standard InChI is InChI=1S/C15H20FN5O/c1-2-21-6-5-17-14(21)13(11-3-7-22-8-4-11)20-15-18-9-12(16)10-19-15/h5-6,9-11,13H,2-4,7-8H2,1H3,(H,18,19,20)/t13-/m0/s1. The quantitative estimate of drug-likeness (QED) is 0.919. The molecule has 1 aliphatic rings. The minimum Gasteiger partial charge on any atom is -0.381 e. The summed E-state index contributed by atoms with van der Waals surface area (Å²) in [4.78, 5) is 12.5. The summed E-state index contributed by atoms with van der Waals surface area (Å²) < 4.78 is 20.5. The second-order valence-corrected chi connectivity index (χ2v) is 5.37. The molecule has 22 heavy (non-hydrogen) atoms. The number of imidazole rings is 1. The van der Waals surface area contributed by atoms with Crippen LogP contribution in [0.15, 0.2) is 24.8 Å². The molecule has 0 aliphatic carbocycles. The molecule has 6 nitrogen and oxygen atoms in total. The molecule has 0 spiro atoms. The maximum absolute atomic E-state index is 13.0. The van der Waals surface area contributed by atoms with Gasteiger partial charge >= 0.3 is 0 Å². The number of aromatic nitrogens is 4. The molecule has 0 bridgehead atoms. The van der Waals surface area contributed by atoms with Crippen molar-refractivity contribution in [2.75, 3.05) is 18.5 Å². The van der Waals surface area contributed by atoms with Gasteiger partial charge in [-0.1, -0.05) is 0 Å². The highest BCUT2D eigenvalue weighted by Crippen LogP contribution is 2.31. The van der Waals surface area contributed by atoms with E-state index in [0.717, 1.165) is 38.4 Å². The minimum absolute atomic E-state index is 0.00990. The van der Waals surface area contributed by atoms with Gasteiger partial charge in [0.25, 0.3) is 0 Å². The van der Waals surface area contributed by atoms with Crippen LogP contribution in [-0.4, -0.2) is 32.7 Å². The van der Waals surface area contributed by atoms with Gasteiger partial charge < -0.3 is 14.6 Å². The number of ether oxygens (including phenoxy) is 1. The van der Waals surface area contributed by atoms with Gasteiger partial charge in [0.15, 0.2) is 5.82 Å². The second-order valence-electron chi connectivity index (χ2n) is 5.37. The topological polar surface area (TPSA) is 64.9 Å². The van der Waals surface area contributed by atoms with E-state index in [1.54, 1.807) is 6.20 Å². The van der Waals surface area contributed by atoms with Gasteiger partial charge in [-0.3, -0.25) is 0 Å². The summed E-state index contributed by atoms with van der Waals surface area (Å²) in [6, 6.07) is -0.00990. The molecule has 1 aliphatic heterocycles. The van der Waals surface area contributed by atoms with Crippen molar-refractivity contribution in [2.24, 2.45) is 5.92 Å². The van der Waals surface area contributed by atoms with Gasteiger partial charge in [0.2, 0.25) is 5.95 Å².